The van der Waals surface area contributed by atoms with Gasteiger partial charge in [0.05, 0.1) is 5.41 Å². The monoisotopic (exact) mass is 262 g/mol. The van der Waals surface area contributed by atoms with Gasteiger partial charge in [-0.1, -0.05) is 18.9 Å². The molecule has 3 nitrogen and oxygen atoms in total. The summed E-state index contributed by atoms with van der Waals surface area (Å²) in [4.78, 5) is 14.8. The van der Waals surface area contributed by atoms with E-state index in [9.17, 15) is 4.79 Å². The Hall–Kier alpha value is -0.990. The average Bonchev–Trinajstić information content (AvgIpc) is 2.94. The van der Waals surface area contributed by atoms with Crippen LogP contribution in [0.1, 0.15) is 51.4 Å². The van der Waals surface area contributed by atoms with E-state index in [1.807, 2.05) is 0 Å². The Balaban J connectivity index is 1.74. The molecule has 1 amide bonds. The van der Waals surface area contributed by atoms with Crippen LogP contribution < -0.4 is 5.32 Å². The van der Waals surface area contributed by atoms with Gasteiger partial charge in [0.2, 0.25) is 5.91 Å². The molecule has 2 aliphatic heterocycles. The highest BCUT2D eigenvalue weighted by molar-refractivity contribution is 5.84. The number of carbonyl (C=O) groups is 1. The summed E-state index contributed by atoms with van der Waals surface area (Å²) in [5.74, 6) is 0.789. The number of carbonyl (C=O) groups excluding carboxylic acids is 1. The molecule has 19 heavy (non-hydrogen) atoms. The molecule has 3 heteroatoms. The topological polar surface area (TPSA) is 32.3 Å². The number of nitrogens with one attached hydrogen (secondary N) is 1. The Bertz CT molecular complexity index is 354. The van der Waals surface area contributed by atoms with E-state index in [1.165, 1.54) is 45.2 Å². The molecule has 0 bridgehead atoms. The summed E-state index contributed by atoms with van der Waals surface area (Å²) < 4.78 is 0. The van der Waals surface area contributed by atoms with Crippen LogP contribution in [0.5, 0.6) is 0 Å². The Morgan fingerprint density at radius 2 is 1.89 bits per heavy atom. The molecule has 1 N–H and O–H groups in total. The second-order valence-electron chi connectivity index (χ2n) is 6.45. The molecule has 2 heterocycles. The van der Waals surface area contributed by atoms with Crippen molar-refractivity contribution >= 4 is 5.91 Å². The minimum atomic E-state index is -0.0767. The van der Waals surface area contributed by atoms with Gasteiger partial charge >= 0.3 is 0 Å². The second-order valence-corrected chi connectivity index (χ2v) is 6.45. The van der Waals surface area contributed by atoms with Gasteiger partial charge in [0.15, 0.2) is 0 Å². The fourth-order valence-corrected chi connectivity index (χ4v) is 4.15. The molecule has 1 spiro atoms. The fraction of sp³-hybridized carbons (Fsp3) is 0.812. The third-order valence-corrected chi connectivity index (χ3v) is 5.31. The maximum absolute atomic E-state index is 12.4. The number of rotatable bonds is 2. The number of hydrogen-bond acceptors (Lipinski definition) is 2. The van der Waals surface area contributed by atoms with E-state index in [2.05, 4.69) is 22.5 Å². The smallest absolute Gasteiger partial charge is 0.226 e. The summed E-state index contributed by atoms with van der Waals surface area (Å²) in [7, 11) is 0. The van der Waals surface area contributed by atoms with Crippen LogP contribution in [-0.4, -0.2) is 30.4 Å². The molecule has 0 aromatic carbocycles. The van der Waals surface area contributed by atoms with Gasteiger partial charge in [0, 0.05) is 19.6 Å². The van der Waals surface area contributed by atoms with Crippen molar-refractivity contribution in [1.82, 2.24) is 10.2 Å². The lowest BCUT2D eigenvalue weighted by molar-refractivity contribution is -0.138. The minimum Gasteiger partial charge on any atom is -0.378 e. The first-order chi connectivity index (χ1) is 9.31. The minimum absolute atomic E-state index is 0.0767. The molecule has 1 saturated carbocycles. The molecule has 0 aromatic rings. The number of amides is 1. The zero-order valence-electron chi connectivity index (χ0n) is 11.9. The second kappa shape index (κ2) is 5.56. The van der Waals surface area contributed by atoms with E-state index >= 15 is 0 Å². The van der Waals surface area contributed by atoms with E-state index in [4.69, 9.17) is 0 Å². The Morgan fingerprint density at radius 3 is 2.68 bits per heavy atom. The Kier molecular flexibility index (Phi) is 3.81. The molecule has 2 unspecified atom stereocenters. The van der Waals surface area contributed by atoms with Crippen molar-refractivity contribution in [3.63, 3.8) is 0 Å². The number of allylic oxidation sites excluding steroid dienone is 1. The number of nitrogens with zero attached hydrogens (tertiary/aromatic N) is 1. The van der Waals surface area contributed by atoms with Crippen LogP contribution in [0.15, 0.2) is 12.3 Å². The molecule has 1 aliphatic carbocycles. The summed E-state index contributed by atoms with van der Waals surface area (Å²) in [6.45, 7) is 3.27. The van der Waals surface area contributed by atoms with Crippen molar-refractivity contribution in [2.75, 3.05) is 19.6 Å². The van der Waals surface area contributed by atoms with Crippen molar-refractivity contribution < 1.29 is 4.79 Å². The normalized spacial score (nSPS) is 36.1. The number of hydrogen-bond donors (Lipinski definition) is 1. The maximum Gasteiger partial charge on any atom is 0.226 e. The van der Waals surface area contributed by atoms with E-state index in [0.29, 0.717) is 11.8 Å². The van der Waals surface area contributed by atoms with Crippen LogP contribution in [0.2, 0.25) is 0 Å². The highest BCUT2D eigenvalue weighted by atomic mass is 16.2. The predicted octanol–water partition coefficient (Wildman–Crippen LogP) is 2.68. The molecule has 0 radical (unpaired) electrons. The first-order valence-corrected chi connectivity index (χ1v) is 8.02. The summed E-state index contributed by atoms with van der Waals surface area (Å²) in [6, 6.07) is 0. The van der Waals surface area contributed by atoms with Crippen LogP contribution in [-0.2, 0) is 4.79 Å². The fourth-order valence-electron chi connectivity index (χ4n) is 4.15. The largest absolute Gasteiger partial charge is 0.378 e. The maximum atomic E-state index is 12.4. The van der Waals surface area contributed by atoms with Crippen LogP contribution in [0.3, 0.4) is 0 Å². The van der Waals surface area contributed by atoms with Gasteiger partial charge in [0.1, 0.15) is 0 Å². The third-order valence-electron chi connectivity index (χ3n) is 5.31. The summed E-state index contributed by atoms with van der Waals surface area (Å²) in [5, 5.41) is 3.11. The van der Waals surface area contributed by atoms with Gasteiger partial charge in [-0.2, -0.15) is 0 Å². The summed E-state index contributed by atoms with van der Waals surface area (Å²) in [6.07, 6.45) is 14.3. The summed E-state index contributed by atoms with van der Waals surface area (Å²) >= 11 is 0. The van der Waals surface area contributed by atoms with Gasteiger partial charge in [-0.05, 0) is 50.6 Å². The molecule has 106 valence electrons. The molecule has 0 aromatic heterocycles. The Labute approximate surface area is 116 Å². The Morgan fingerprint density at radius 1 is 1.11 bits per heavy atom. The molecule has 3 fully saturated rings. The van der Waals surface area contributed by atoms with Crippen LogP contribution in [0.4, 0.5) is 0 Å². The molecule has 2 saturated heterocycles. The highest BCUT2D eigenvalue weighted by Crippen LogP contribution is 2.47. The van der Waals surface area contributed by atoms with Gasteiger partial charge in [-0.3, -0.25) is 4.79 Å². The molecule has 3 aliphatic rings. The lowest BCUT2D eigenvalue weighted by atomic mass is 9.62. The van der Waals surface area contributed by atoms with Gasteiger partial charge in [-0.25, -0.2) is 0 Å². The molecular formula is C16H26N2O. The number of likely N-dealkylation sites (tertiary alicyclic amines) is 1. The van der Waals surface area contributed by atoms with E-state index in [-0.39, 0.29) is 5.41 Å². The van der Waals surface area contributed by atoms with Crippen LogP contribution in [0.25, 0.3) is 0 Å². The van der Waals surface area contributed by atoms with Gasteiger partial charge in [0.25, 0.3) is 0 Å². The van der Waals surface area contributed by atoms with E-state index in [0.717, 1.165) is 25.8 Å². The zero-order valence-corrected chi connectivity index (χ0v) is 11.9. The molecule has 3 rings (SSSR count). The number of piperidine rings is 1. The zero-order chi connectivity index (χ0) is 13.1. The van der Waals surface area contributed by atoms with Crippen molar-refractivity contribution in [1.29, 1.82) is 0 Å². The van der Waals surface area contributed by atoms with E-state index < -0.39 is 0 Å². The molecular weight excluding hydrogens is 236 g/mol. The SMILES string of the molecule is O=C1NCCCC12CCCCC2/C=C/N1CCCC1. The van der Waals surface area contributed by atoms with Crippen molar-refractivity contribution in [2.45, 2.75) is 51.4 Å². The first kappa shape index (κ1) is 13.0. The van der Waals surface area contributed by atoms with Gasteiger partial charge < -0.3 is 10.2 Å². The van der Waals surface area contributed by atoms with Gasteiger partial charge in [-0.15, -0.1) is 0 Å². The first-order valence-electron chi connectivity index (χ1n) is 8.02. The quantitative estimate of drug-likeness (QED) is 0.830. The average molecular weight is 262 g/mol. The van der Waals surface area contributed by atoms with Crippen molar-refractivity contribution in [3.8, 4) is 0 Å². The predicted molar refractivity (Wildman–Crippen MR) is 76.6 cm³/mol. The highest BCUT2D eigenvalue weighted by Gasteiger charge is 2.46. The lowest BCUT2D eigenvalue weighted by Crippen LogP contribution is -2.51. The van der Waals surface area contributed by atoms with Crippen molar-refractivity contribution in [3.05, 3.63) is 12.3 Å². The van der Waals surface area contributed by atoms with Crippen LogP contribution in [0, 0.1) is 11.3 Å². The third kappa shape index (κ3) is 2.52. The standard InChI is InChI=1S/C16H26N2O/c19-15-16(9-5-10-17-15)8-2-1-6-14(16)7-13-18-11-3-4-12-18/h7,13-14H,1-6,8-12H2,(H,17,19)/b13-7+. The van der Waals surface area contributed by atoms with Crippen molar-refractivity contribution in [2.24, 2.45) is 11.3 Å². The van der Waals surface area contributed by atoms with Crippen LogP contribution >= 0.6 is 0 Å². The van der Waals surface area contributed by atoms with E-state index in [1.54, 1.807) is 0 Å². The summed E-state index contributed by atoms with van der Waals surface area (Å²) in [5.41, 5.74) is -0.0767. The lowest BCUT2D eigenvalue weighted by Gasteiger charge is -2.44. The molecule has 2 atom stereocenters.